The quantitative estimate of drug-likeness (QED) is 0.118. The number of nitrogens with zero attached hydrogens (tertiary/aromatic N) is 2. The van der Waals surface area contributed by atoms with E-state index >= 15 is 0 Å². The van der Waals surface area contributed by atoms with Crippen molar-refractivity contribution in [2.24, 2.45) is 10.8 Å². The second kappa shape index (κ2) is 26.2. The van der Waals surface area contributed by atoms with E-state index in [9.17, 15) is 10.2 Å². The predicted molar refractivity (Wildman–Crippen MR) is 398 cm³/mol. The summed E-state index contributed by atoms with van der Waals surface area (Å²) in [5, 5.41) is 31.3. The zero-order valence-corrected chi connectivity index (χ0v) is 63.5. The van der Waals surface area contributed by atoms with Gasteiger partial charge in [-0.2, -0.15) is 0 Å². The van der Waals surface area contributed by atoms with E-state index < -0.39 is 0 Å². The van der Waals surface area contributed by atoms with Gasteiger partial charge in [-0.3, -0.25) is 0 Å². The van der Waals surface area contributed by atoms with Crippen molar-refractivity contribution < 1.29 is 31.9 Å². The van der Waals surface area contributed by atoms with Crippen LogP contribution in [0.2, 0.25) is 20.1 Å². The molecule has 10 rings (SSSR count). The van der Waals surface area contributed by atoms with Crippen LogP contribution in [0, 0.1) is 25.7 Å². The molecule has 482 valence electrons. The molecule has 0 unspecified atom stereocenters. The smallest absolute Gasteiger partial charge is 0.505 e. The summed E-state index contributed by atoms with van der Waals surface area (Å²) in [5.41, 5.74) is 16.1. The topological polar surface area (TPSA) is 50.3 Å². The first-order valence-electron chi connectivity index (χ1n) is 31.2. The van der Waals surface area contributed by atoms with Crippen molar-refractivity contribution in [1.82, 2.24) is 9.13 Å². The van der Waals surface area contributed by atoms with Crippen LogP contribution in [0.1, 0.15) is 199 Å². The van der Waals surface area contributed by atoms with E-state index in [-0.39, 0.29) is 91.4 Å². The van der Waals surface area contributed by atoms with Gasteiger partial charge in [-0.25, -0.2) is 0 Å². The molecule has 0 spiro atoms. The average molecular weight is 1340 g/mol. The number of aromatic hydroxyl groups is 2. The maximum atomic E-state index is 12.2. The number of hydrogen-bond donors (Lipinski definition) is 2. The van der Waals surface area contributed by atoms with Crippen LogP contribution in [-0.2, 0) is 54.2 Å². The molecule has 0 radical (unpaired) electrons. The summed E-state index contributed by atoms with van der Waals surface area (Å²) in [4.78, 5) is 0. The maximum Gasteiger partial charge on any atom is 2.00 e. The fourth-order valence-corrected chi connectivity index (χ4v) is 14.6. The fraction of sp³-hybridized carbons (Fsp3) is 0.390. The molecular weight excluding hydrogens is 1230 g/mol. The van der Waals surface area contributed by atoms with Gasteiger partial charge >= 0.3 is 21.7 Å². The largest absolute Gasteiger partial charge is 2.00 e. The Balaban J connectivity index is 0.000000280. The molecule has 0 amide bonds. The van der Waals surface area contributed by atoms with Crippen LogP contribution >= 0.6 is 46.4 Å². The monoisotopic (exact) mass is 1330 g/mol. The molecule has 9 heteroatoms. The number of benzene rings is 8. The summed E-state index contributed by atoms with van der Waals surface area (Å²) < 4.78 is 4.48. The minimum Gasteiger partial charge on any atom is -0.505 e. The molecule has 2 aromatic heterocycles. The maximum absolute atomic E-state index is 12.2. The number of rotatable bonds is 8. The van der Waals surface area contributed by atoms with Crippen molar-refractivity contribution in [2.75, 3.05) is 0 Å². The predicted octanol–water partition coefficient (Wildman–Crippen LogP) is 26.4. The molecule has 91 heavy (non-hydrogen) atoms. The summed E-state index contributed by atoms with van der Waals surface area (Å²) in [7, 11) is 0. The SMILES string of the molecule is CC(C)(C)CC(C)(C)c1cc(-c2cc(Cl)cc(Cl)c2)c(O)c(-n2c3ccc(C(C)(C)C)cc3c3cc(C(C)(C)C)ccc32)c1.CC(C)(C)CC(C)(C)c1cc(-c2cc(Cl)cc(Cl)c2)c(O)c(-n2c3ccc(C(C)(C)C)cc3c3cc(C(C)(C)C)ccc32)c1.[CH3-].[CH3-].[Ti+2]. The third kappa shape index (κ3) is 16.0. The van der Waals surface area contributed by atoms with Gasteiger partial charge in [0.2, 0.25) is 0 Å². The molecule has 0 saturated heterocycles. The van der Waals surface area contributed by atoms with Gasteiger partial charge in [-0.1, -0.05) is 223 Å². The van der Waals surface area contributed by atoms with Gasteiger partial charge in [-0.05, 0) is 210 Å². The normalized spacial score (nSPS) is 12.9. The first-order chi connectivity index (χ1) is 40.3. The summed E-state index contributed by atoms with van der Waals surface area (Å²) in [5.74, 6) is 0.412. The van der Waals surface area contributed by atoms with E-state index in [1.807, 2.05) is 24.3 Å². The Morgan fingerprint density at radius 3 is 0.747 bits per heavy atom. The van der Waals surface area contributed by atoms with Crippen LogP contribution in [0.5, 0.6) is 11.5 Å². The zero-order valence-electron chi connectivity index (χ0n) is 58.9. The number of aromatic nitrogens is 2. The van der Waals surface area contributed by atoms with Crippen LogP contribution in [0.4, 0.5) is 0 Å². The molecule has 10 aromatic rings. The number of fused-ring (bicyclic) bond motifs is 6. The minimum absolute atomic E-state index is 0. The van der Waals surface area contributed by atoms with Crippen molar-refractivity contribution in [3.8, 4) is 45.1 Å². The van der Waals surface area contributed by atoms with Crippen molar-refractivity contribution in [3.05, 3.63) is 202 Å². The Bertz CT molecular complexity index is 3880. The van der Waals surface area contributed by atoms with Crippen LogP contribution in [0.3, 0.4) is 0 Å². The van der Waals surface area contributed by atoms with Gasteiger partial charge in [0.1, 0.15) is 11.5 Å². The molecule has 0 aliphatic heterocycles. The van der Waals surface area contributed by atoms with Gasteiger partial charge in [0, 0.05) is 52.8 Å². The average Bonchev–Trinajstić information content (AvgIpc) is 1.60. The third-order valence-corrected chi connectivity index (χ3v) is 18.4. The van der Waals surface area contributed by atoms with E-state index in [0.29, 0.717) is 20.1 Å². The van der Waals surface area contributed by atoms with E-state index in [2.05, 4.69) is 259 Å². The molecule has 0 bridgehead atoms. The van der Waals surface area contributed by atoms with Crippen LogP contribution in [0.15, 0.2) is 133 Å². The van der Waals surface area contributed by atoms with Gasteiger partial charge in [0.25, 0.3) is 0 Å². The molecule has 0 fully saturated rings. The van der Waals surface area contributed by atoms with Crippen LogP contribution in [-0.4, -0.2) is 19.3 Å². The van der Waals surface area contributed by atoms with Crippen molar-refractivity contribution >= 4 is 90.0 Å². The van der Waals surface area contributed by atoms with E-state index in [1.54, 1.807) is 12.1 Å². The number of halogens is 4. The van der Waals surface area contributed by atoms with Gasteiger partial charge in [-0.15, -0.1) is 0 Å². The summed E-state index contributed by atoms with van der Waals surface area (Å²) in [6.07, 6.45) is 1.94. The molecule has 4 nitrogen and oxygen atoms in total. The zero-order chi connectivity index (χ0) is 65.1. The molecule has 0 saturated carbocycles. The van der Waals surface area contributed by atoms with Gasteiger partial charge in [0.15, 0.2) is 0 Å². The van der Waals surface area contributed by atoms with Crippen molar-refractivity contribution in [1.29, 1.82) is 0 Å². The van der Waals surface area contributed by atoms with Crippen molar-refractivity contribution in [2.45, 2.75) is 198 Å². The summed E-state index contributed by atoms with van der Waals surface area (Å²) in [6, 6.07) is 46.7. The van der Waals surface area contributed by atoms with Gasteiger partial charge in [0.05, 0.1) is 33.4 Å². The Labute approximate surface area is 582 Å². The standard InChI is InChI=1S/2C40H47Cl2NO.2CH3.Ti/c2*1-37(2,3)23-40(10,11)27-20-30(24-16-28(41)22-29(42)17-24)36(44)35(21-27)43-33-14-12-25(38(4,5)6)18-31(33)32-19-26(39(7,8)9)13-15-34(32)43;;;/h2*12-22,44H,23H2,1-11H3;2*1H3;/q;;2*-1;+2. The second-order valence-electron chi connectivity index (χ2n) is 32.9. The first-order valence-corrected chi connectivity index (χ1v) is 32.7. The molecule has 2 heterocycles. The Kier molecular flexibility index (Phi) is 21.6. The third-order valence-electron chi connectivity index (χ3n) is 17.5. The number of phenols is 2. The molecule has 0 atom stereocenters. The molecular formula is C82H100Cl4N2O2Ti. The van der Waals surface area contributed by atoms with Crippen molar-refractivity contribution in [3.63, 3.8) is 0 Å². The molecule has 0 aliphatic rings. The summed E-state index contributed by atoms with van der Waals surface area (Å²) >= 11 is 26.0. The molecule has 0 aliphatic carbocycles. The Morgan fingerprint density at radius 2 is 0.538 bits per heavy atom. The summed E-state index contributed by atoms with van der Waals surface area (Å²) in [6.45, 7) is 49.9. The fourth-order valence-electron chi connectivity index (χ4n) is 13.5. The van der Waals surface area contributed by atoms with E-state index in [0.717, 1.165) is 79.7 Å². The van der Waals surface area contributed by atoms with E-state index in [1.165, 1.54) is 43.8 Å². The Hall–Kier alpha value is -5.17. The van der Waals surface area contributed by atoms with E-state index in [4.69, 9.17) is 46.4 Å². The second-order valence-corrected chi connectivity index (χ2v) is 34.7. The van der Waals surface area contributed by atoms with Crippen LogP contribution in [0.25, 0.3) is 77.2 Å². The van der Waals surface area contributed by atoms with Crippen LogP contribution < -0.4 is 0 Å². The van der Waals surface area contributed by atoms with Gasteiger partial charge < -0.3 is 34.2 Å². The minimum atomic E-state index is -0.171. The molecule has 8 aromatic carbocycles. The number of phenolic OH excluding ortho intramolecular Hbond substituents is 2. The number of hydrogen-bond acceptors (Lipinski definition) is 2. The Morgan fingerprint density at radius 1 is 0.308 bits per heavy atom. The first kappa shape index (κ1) is 74.9. The molecule has 2 N–H and O–H groups in total.